The summed E-state index contributed by atoms with van der Waals surface area (Å²) in [5, 5.41) is 11.0. The fourth-order valence-corrected chi connectivity index (χ4v) is 4.93. The number of rotatable bonds is 9. The smallest absolute Gasteiger partial charge is 0.348 e. The average molecular weight is 543 g/mol. The number of carbonyl (C=O) groups is 3. The minimum Gasteiger partial charge on any atom is -0.462 e. The Morgan fingerprint density at radius 1 is 1.15 bits per heavy atom. The number of aromatic amines is 1. The molecule has 1 aromatic carbocycles. The Bertz CT molecular complexity index is 1230. The van der Waals surface area contributed by atoms with Crippen LogP contribution in [0.15, 0.2) is 23.4 Å². The van der Waals surface area contributed by atoms with E-state index >= 15 is 0 Å². The van der Waals surface area contributed by atoms with Crippen LogP contribution in [0.2, 0.25) is 10.0 Å². The van der Waals surface area contributed by atoms with Crippen molar-refractivity contribution in [1.82, 2.24) is 15.2 Å². The van der Waals surface area contributed by atoms with E-state index in [4.69, 9.17) is 32.7 Å². The summed E-state index contributed by atoms with van der Waals surface area (Å²) in [6, 6.07) is 4.97. The molecule has 0 aliphatic carbocycles. The van der Waals surface area contributed by atoms with Crippen molar-refractivity contribution in [1.29, 1.82) is 0 Å². The van der Waals surface area contributed by atoms with Gasteiger partial charge in [-0.05, 0) is 44.5 Å². The molecule has 0 bridgehead atoms. The number of hydrogen-bond donors (Lipinski definition) is 2. The van der Waals surface area contributed by atoms with E-state index in [0.29, 0.717) is 32.2 Å². The molecule has 0 aliphatic rings. The molecule has 3 aromatic rings. The van der Waals surface area contributed by atoms with Crippen molar-refractivity contribution in [2.75, 3.05) is 24.3 Å². The van der Waals surface area contributed by atoms with E-state index in [9.17, 15) is 14.4 Å². The predicted octanol–water partition coefficient (Wildman–Crippen LogP) is 5.23. The van der Waals surface area contributed by atoms with Crippen LogP contribution < -0.4 is 5.32 Å². The molecule has 0 unspecified atom stereocenters. The van der Waals surface area contributed by atoms with Crippen molar-refractivity contribution in [3.63, 3.8) is 0 Å². The van der Waals surface area contributed by atoms with E-state index in [1.54, 1.807) is 39.0 Å². The van der Waals surface area contributed by atoms with Crippen LogP contribution in [0.25, 0.3) is 11.4 Å². The molecule has 0 saturated carbocycles. The third-order valence-corrected chi connectivity index (χ3v) is 6.92. The molecule has 2 heterocycles. The summed E-state index contributed by atoms with van der Waals surface area (Å²) >= 11 is 14.2. The number of nitrogens with one attached hydrogen (secondary N) is 2. The summed E-state index contributed by atoms with van der Waals surface area (Å²) in [7, 11) is 0. The second-order valence-electron chi connectivity index (χ2n) is 6.63. The van der Waals surface area contributed by atoms with E-state index in [1.807, 2.05) is 0 Å². The number of benzene rings is 1. The van der Waals surface area contributed by atoms with Crippen LogP contribution in [-0.4, -0.2) is 52.0 Å². The van der Waals surface area contributed by atoms with Crippen LogP contribution in [0, 0.1) is 6.92 Å². The largest absolute Gasteiger partial charge is 0.462 e. The molecule has 2 N–H and O–H groups in total. The van der Waals surface area contributed by atoms with E-state index < -0.39 is 17.8 Å². The Labute approximate surface area is 213 Å². The Kier molecular flexibility index (Phi) is 8.95. The fourth-order valence-electron chi connectivity index (χ4n) is 2.85. The van der Waals surface area contributed by atoms with Gasteiger partial charge in [-0.2, -0.15) is 0 Å². The van der Waals surface area contributed by atoms with E-state index in [1.165, 1.54) is 0 Å². The van der Waals surface area contributed by atoms with Crippen molar-refractivity contribution < 1.29 is 23.9 Å². The Balaban J connectivity index is 1.73. The van der Waals surface area contributed by atoms with E-state index in [0.717, 1.165) is 23.1 Å². The quantitative estimate of drug-likeness (QED) is 0.278. The third kappa shape index (κ3) is 6.09. The molecular formula is C21H20Cl2N4O5S2. The number of nitrogens with zero attached hydrogens (tertiary/aromatic N) is 2. The molecular weight excluding hydrogens is 523 g/mol. The summed E-state index contributed by atoms with van der Waals surface area (Å²) in [4.78, 5) is 41.9. The minimum atomic E-state index is -0.633. The Morgan fingerprint density at radius 3 is 2.56 bits per heavy atom. The van der Waals surface area contributed by atoms with Crippen molar-refractivity contribution in [3.05, 3.63) is 44.2 Å². The van der Waals surface area contributed by atoms with Gasteiger partial charge in [0, 0.05) is 10.6 Å². The Hall–Kier alpha value is -2.60. The zero-order valence-electron chi connectivity index (χ0n) is 18.4. The van der Waals surface area contributed by atoms with Crippen molar-refractivity contribution in [2.24, 2.45) is 0 Å². The number of carbonyl (C=O) groups excluding carboxylic acids is 3. The molecule has 9 nitrogen and oxygen atoms in total. The highest BCUT2D eigenvalue weighted by Gasteiger charge is 2.27. The number of amides is 1. The maximum atomic E-state index is 12.6. The topological polar surface area (TPSA) is 123 Å². The molecule has 13 heteroatoms. The van der Waals surface area contributed by atoms with Crippen LogP contribution in [-0.2, 0) is 14.3 Å². The van der Waals surface area contributed by atoms with Gasteiger partial charge in [-0.15, -0.1) is 16.4 Å². The van der Waals surface area contributed by atoms with Crippen LogP contribution in [0.1, 0.15) is 39.4 Å². The molecule has 0 atom stereocenters. The lowest BCUT2D eigenvalue weighted by molar-refractivity contribution is -0.113. The first kappa shape index (κ1) is 26.0. The predicted molar refractivity (Wildman–Crippen MR) is 132 cm³/mol. The van der Waals surface area contributed by atoms with Crippen LogP contribution in [0.4, 0.5) is 5.00 Å². The minimum absolute atomic E-state index is 0.0471. The highest BCUT2D eigenvalue weighted by Crippen LogP contribution is 2.35. The zero-order chi connectivity index (χ0) is 24.8. The molecule has 34 heavy (non-hydrogen) atoms. The van der Waals surface area contributed by atoms with Crippen molar-refractivity contribution in [2.45, 2.75) is 25.9 Å². The molecule has 2 aromatic heterocycles. The van der Waals surface area contributed by atoms with Gasteiger partial charge >= 0.3 is 11.9 Å². The summed E-state index contributed by atoms with van der Waals surface area (Å²) < 4.78 is 10.1. The number of hydrogen-bond acceptors (Lipinski definition) is 9. The number of aromatic nitrogens is 3. The van der Waals surface area contributed by atoms with Gasteiger partial charge in [0.2, 0.25) is 11.1 Å². The number of halogens is 2. The third-order valence-electron chi connectivity index (χ3n) is 4.32. The first-order valence-corrected chi connectivity index (χ1v) is 12.6. The Morgan fingerprint density at radius 2 is 1.85 bits per heavy atom. The van der Waals surface area contributed by atoms with Gasteiger partial charge in [0.05, 0.1) is 29.6 Å². The lowest BCUT2D eigenvalue weighted by Gasteiger charge is -2.06. The molecule has 0 saturated heterocycles. The van der Waals surface area contributed by atoms with Gasteiger partial charge in [0.1, 0.15) is 9.88 Å². The first-order valence-electron chi connectivity index (χ1n) is 10.0. The highest BCUT2D eigenvalue weighted by molar-refractivity contribution is 7.99. The summed E-state index contributed by atoms with van der Waals surface area (Å²) in [6.45, 7) is 5.29. The second-order valence-corrected chi connectivity index (χ2v) is 9.44. The molecule has 1 amide bonds. The van der Waals surface area contributed by atoms with Crippen LogP contribution >= 0.6 is 46.3 Å². The number of thiophene rings is 1. The first-order chi connectivity index (χ1) is 16.2. The SMILES string of the molecule is CCOC(=O)c1sc(NC(=O)CSc2n[nH]c(-c3cc(Cl)ccc3Cl)n2)c(C(=O)OCC)c1C. The number of anilines is 1. The number of thioether (sulfide) groups is 1. The molecule has 0 fully saturated rings. The molecule has 0 spiro atoms. The highest BCUT2D eigenvalue weighted by atomic mass is 35.5. The van der Waals surface area contributed by atoms with Gasteiger partial charge in [-0.1, -0.05) is 35.0 Å². The molecule has 3 rings (SSSR count). The van der Waals surface area contributed by atoms with Gasteiger partial charge in [-0.25, -0.2) is 14.6 Å². The number of ether oxygens (including phenoxy) is 2. The molecule has 180 valence electrons. The van der Waals surface area contributed by atoms with E-state index in [-0.39, 0.29) is 34.4 Å². The van der Waals surface area contributed by atoms with Gasteiger partial charge < -0.3 is 14.8 Å². The van der Waals surface area contributed by atoms with Gasteiger partial charge in [-0.3, -0.25) is 9.89 Å². The average Bonchev–Trinajstić information content (AvgIpc) is 3.39. The molecule has 0 radical (unpaired) electrons. The van der Waals surface area contributed by atoms with Crippen LogP contribution in [0.5, 0.6) is 0 Å². The van der Waals surface area contributed by atoms with Crippen molar-refractivity contribution in [3.8, 4) is 11.4 Å². The van der Waals surface area contributed by atoms with Crippen molar-refractivity contribution >= 4 is 69.1 Å². The number of esters is 2. The monoisotopic (exact) mass is 542 g/mol. The summed E-state index contributed by atoms with van der Waals surface area (Å²) in [6.07, 6.45) is 0. The molecule has 0 aliphatic heterocycles. The van der Waals surface area contributed by atoms with Crippen LogP contribution in [0.3, 0.4) is 0 Å². The summed E-state index contributed by atoms with van der Waals surface area (Å²) in [5.41, 5.74) is 1.10. The van der Waals surface area contributed by atoms with Gasteiger partial charge in [0.15, 0.2) is 5.82 Å². The second kappa shape index (κ2) is 11.7. The number of H-pyrrole nitrogens is 1. The lowest BCUT2D eigenvalue weighted by Crippen LogP contribution is -2.16. The lowest BCUT2D eigenvalue weighted by atomic mass is 10.1. The maximum absolute atomic E-state index is 12.6. The summed E-state index contributed by atoms with van der Waals surface area (Å²) in [5.74, 6) is -1.26. The normalized spacial score (nSPS) is 10.7. The van der Waals surface area contributed by atoms with E-state index in [2.05, 4.69) is 20.5 Å². The van der Waals surface area contributed by atoms with Gasteiger partial charge in [0.25, 0.3) is 0 Å². The maximum Gasteiger partial charge on any atom is 0.348 e. The zero-order valence-corrected chi connectivity index (χ0v) is 21.5. The standard InChI is InChI=1S/C21H20Cl2N4O5S2/c1-4-31-19(29)15-10(3)16(20(30)32-5-2)34-18(15)24-14(28)9-33-21-25-17(26-27-21)12-8-11(22)6-7-13(12)23/h6-8H,4-5,9H2,1-3H3,(H,24,28)(H,25,26,27). The fraction of sp³-hybridized carbons (Fsp3) is 0.286.